The van der Waals surface area contributed by atoms with Gasteiger partial charge in [-0.2, -0.15) is 0 Å². The Morgan fingerprint density at radius 1 is 0.524 bits per heavy atom. The highest BCUT2D eigenvalue weighted by Gasteiger charge is 2.28. The smallest absolute Gasteiger partial charge is 0.472 e. The molecule has 0 saturated carbocycles. The van der Waals surface area contributed by atoms with Gasteiger partial charge in [0.2, 0.25) is 5.91 Å². The molecule has 0 spiro atoms. The number of hydrogen-bond acceptors (Lipinski definition) is 8. The minimum atomic E-state index is -4.77. The average Bonchev–Trinajstić information content (AvgIpc) is 3.26. The molecule has 0 aliphatic carbocycles. The first-order valence-electron chi connectivity index (χ1n) is 24.1. The van der Waals surface area contributed by atoms with Crippen molar-refractivity contribution in [2.24, 2.45) is 0 Å². The number of carboxylic acids is 1. The second-order valence-corrected chi connectivity index (χ2v) is 17.4. The van der Waals surface area contributed by atoms with Crippen molar-refractivity contribution < 1.29 is 47.8 Å². The van der Waals surface area contributed by atoms with Crippen molar-refractivity contribution in [2.75, 3.05) is 19.8 Å². The highest BCUT2D eigenvalue weighted by Crippen LogP contribution is 2.43. The van der Waals surface area contributed by atoms with Gasteiger partial charge in [0.05, 0.1) is 13.2 Å². The second-order valence-electron chi connectivity index (χ2n) is 15.9. The quantitative estimate of drug-likeness (QED) is 0.0200. The number of aliphatic hydroxyl groups is 1. The molecule has 0 aromatic heterocycles. The summed E-state index contributed by atoms with van der Waals surface area (Å²) < 4.78 is 26.9. The fourth-order valence-electron chi connectivity index (χ4n) is 6.19. The molecular weight excluding hydrogens is 818 g/mol. The molecule has 0 aliphatic rings. The van der Waals surface area contributed by atoms with E-state index in [1.165, 1.54) is 38.5 Å². The van der Waals surface area contributed by atoms with E-state index in [9.17, 15) is 34.1 Å². The molecule has 1 amide bonds. The van der Waals surface area contributed by atoms with E-state index in [0.717, 1.165) is 109 Å². The molecule has 12 heteroatoms. The number of hydrogen-bond donors (Lipinski definition) is 4. The molecule has 0 heterocycles. The number of rotatable bonds is 44. The van der Waals surface area contributed by atoms with E-state index >= 15 is 0 Å². The Bertz CT molecular complexity index is 1390. The number of unbranched alkanes of at least 4 members (excludes halogenated alkanes) is 16. The van der Waals surface area contributed by atoms with Crippen LogP contribution in [0.5, 0.6) is 0 Å². The second kappa shape index (κ2) is 45.2. The summed E-state index contributed by atoms with van der Waals surface area (Å²) in [4.78, 5) is 46.0. The van der Waals surface area contributed by atoms with E-state index in [2.05, 4.69) is 104 Å². The number of esters is 1. The maximum atomic E-state index is 12.3. The van der Waals surface area contributed by atoms with Crippen LogP contribution in [0.15, 0.2) is 85.1 Å². The largest absolute Gasteiger partial charge is 0.480 e. The summed E-state index contributed by atoms with van der Waals surface area (Å²) in [5, 5.41) is 21.9. The first-order chi connectivity index (χ1) is 30.6. The van der Waals surface area contributed by atoms with Gasteiger partial charge in [-0.3, -0.25) is 18.6 Å². The van der Waals surface area contributed by atoms with Crippen LogP contribution in [0.2, 0.25) is 0 Å². The first kappa shape index (κ1) is 59.7. The van der Waals surface area contributed by atoms with Crippen LogP contribution in [0.25, 0.3) is 0 Å². The van der Waals surface area contributed by atoms with Crippen LogP contribution in [0.1, 0.15) is 187 Å². The van der Waals surface area contributed by atoms with Gasteiger partial charge in [-0.25, -0.2) is 9.36 Å². The zero-order valence-electron chi connectivity index (χ0n) is 39.1. The van der Waals surface area contributed by atoms with Gasteiger partial charge in [-0.1, -0.05) is 170 Å². The Kier molecular flexibility index (Phi) is 42.8. The van der Waals surface area contributed by atoms with E-state index in [4.69, 9.17) is 13.8 Å². The van der Waals surface area contributed by atoms with Crippen LogP contribution in [0.4, 0.5) is 0 Å². The van der Waals surface area contributed by atoms with Crippen molar-refractivity contribution in [1.29, 1.82) is 0 Å². The zero-order chi connectivity index (χ0) is 46.3. The van der Waals surface area contributed by atoms with E-state index in [1.54, 1.807) is 0 Å². The summed E-state index contributed by atoms with van der Waals surface area (Å²) in [7, 11) is -4.77. The maximum Gasteiger partial charge on any atom is 0.472 e. The molecule has 0 bridgehead atoms. The van der Waals surface area contributed by atoms with Crippen LogP contribution >= 0.6 is 7.82 Å². The molecule has 360 valence electrons. The zero-order valence-corrected chi connectivity index (χ0v) is 40.0. The van der Waals surface area contributed by atoms with Crippen molar-refractivity contribution in [3.63, 3.8) is 0 Å². The van der Waals surface area contributed by atoms with Crippen LogP contribution in [-0.2, 0) is 32.7 Å². The van der Waals surface area contributed by atoms with E-state index in [1.807, 2.05) is 0 Å². The molecule has 0 radical (unpaired) electrons. The van der Waals surface area contributed by atoms with Crippen molar-refractivity contribution >= 4 is 25.7 Å². The van der Waals surface area contributed by atoms with Crippen molar-refractivity contribution in [2.45, 2.75) is 199 Å². The van der Waals surface area contributed by atoms with Crippen molar-refractivity contribution in [3.05, 3.63) is 85.1 Å². The number of carbonyl (C=O) groups is 3. The van der Waals surface area contributed by atoms with Gasteiger partial charge >= 0.3 is 19.8 Å². The molecule has 0 saturated heterocycles. The summed E-state index contributed by atoms with van der Waals surface area (Å²) in [5.74, 6) is -2.41. The lowest BCUT2D eigenvalue weighted by Gasteiger charge is -2.18. The average molecular weight is 904 g/mol. The van der Waals surface area contributed by atoms with Crippen LogP contribution < -0.4 is 5.32 Å². The predicted molar refractivity (Wildman–Crippen MR) is 258 cm³/mol. The van der Waals surface area contributed by atoms with Crippen molar-refractivity contribution in [1.82, 2.24) is 5.32 Å². The number of nitrogens with one attached hydrogen (secondary N) is 1. The number of aliphatic carboxylic acids is 1. The lowest BCUT2D eigenvalue weighted by atomic mass is 10.1. The maximum absolute atomic E-state index is 12.3. The van der Waals surface area contributed by atoms with E-state index in [-0.39, 0.29) is 12.8 Å². The van der Waals surface area contributed by atoms with Crippen molar-refractivity contribution in [3.8, 4) is 0 Å². The van der Waals surface area contributed by atoms with Crippen LogP contribution in [0.3, 0.4) is 0 Å². The fraction of sp³-hybridized carbons (Fsp3) is 0.667. The third kappa shape index (κ3) is 45.0. The molecule has 4 N–H and O–H groups in total. The Hall–Kier alpha value is -3.34. The lowest BCUT2D eigenvalue weighted by Crippen LogP contribution is -2.43. The van der Waals surface area contributed by atoms with Gasteiger partial charge in [0.25, 0.3) is 0 Å². The molecule has 3 atom stereocenters. The van der Waals surface area contributed by atoms with Gasteiger partial charge < -0.3 is 25.2 Å². The molecule has 0 aromatic carbocycles. The van der Waals surface area contributed by atoms with Gasteiger partial charge in [-0.05, 0) is 89.9 Å². The Morgan fingerprint density at radius 3 is 1.38 bits per heavy atom. The number of carboxylic acid groups (broad SMARTS) is 1. The van der Waals surface area contributed by atoms with E-state index in [0.29, 0.717) is 12.8 Å². The van der Waals surface area contributed by atoms with Gasteiger partial charge in [-0.15, -0.1) is 0 Å². The normalized spacial score (nSPS) is 14.3. The third-order valence-corrected chi connectivity index (χ3v) is 10.9. The predicted octanol–water partition coefficient (Wildman–Crippen LogP) is 13.1. The van der Waals surface area contributed by atoms with E-state index < -0.39 is 57.6 Å². The first-order valence-corrected chi connectivity index (χ1v) is 25.6. The van der Waals surface area contributed by atoms with Gasteiger partial charge in [0.1, 0.15) is 12.7 Å². The third-order valence-electron chi connectivity index (χ3n) is 9.92. The molecule has 11 nitrogen and oxygen atoms in total. The van der Waals surface area contributed by atoms with Gasteiger partial charge in [0, 0.05) is 12.8 Å². The minimum Gasteiger partial charge on any atom is -0.480 e. The highest BCUT2D eigenvalue weighted by molar-refractivity contribution is 7.47. The number of carbonyl (C=O) groups excluding carboxylic acids is 2. The summed E-state index contributed by atoms with van der Waals surface area (Å²) in [5.41, 5.74) is 0. The topological polar surface area (TPSA) is 169 Å². The molecule has 63 heavy (non-hydrogen) atoms. The summed E-state index contributed by atoms with van der Waals surface area (Å²) in [6, 6.07) is -1.56. The fourth-order valence-corrected chi connectivity index (χ4v) is 6.97. The number of ether oxygens (including phenoxy) is 1. The Morgan fingerprint density at radius 2 is 0.921 bits per heavy atom. The molecule has 0 aromatic rings. The molecule has 0 fully saturated rings. The van der Waals surface area contributed by atoms with Gasteiger partial charge in [0.15, 0.2) is 6.04 Å². The summed E-state index contributed by atoms with van der Waals surface area (Å²) >= 11 is 0. The SMILES string of the molecule is CC/C=C\C/C=C\C/C=C\C/C=C\C/C=C\CCCCCCCCCC(=O)OCC(O)COP(=O)(O)OCC(NC(=O)CCCCCCC/C=C\C/C=C\CCCCCC)C(=O)O. The molecule has 0 rings (SSSR count). The Balaban J connectivity index is 3.90. The molecule has 3 unspecified atom stereocenters. The number of phosphoric ester groups is 1. The number of allylic oxidation sites excluding steroid dienone is 14. The number of phosphoric acid groups is 1. The van der Waals surface area contributed by atoms with Crippen LogP contribution in [-0.4, -0.2) is 64.9 Å². The highest BCUT2D eigenvalue weighted by atomic mass is 31.2. The molecule has 0 aliphatic heterocycles. The monoisotopic (exact) mass is 904 g/mol. The lowest BCUT2D eigenvalue weighted by molar-refractivity contribution is -0.147. The summed E-state index contributed by atoms with van der Waals surface area (Å²) in [6.07, 6.45) is 56.0. The number of aliphatic hydroxyl groups excluding tert-OH is 1. The minimum absolute atomic E-state index is 0.125. The Labute approximate surface area is 381 Å². The standard InChI is InChI=1S/C51H86NO10P/c1-3-5-7-9-11-13-15-17-19-21-22-23-24-25-26-27-29-31-33-35-37-39-41-43-50(55)60-44-47(53)45-61-63(58,59)62-46-48(51(56)57)52-49(54)42-40-38-36-34-32-30-28-20-18-16-14-12-10-8-6-4-2/h5,7,11,13-14,16-17,19-20,22-23,25-26,28,47-48,53H,3-4,6,8-10,12,15,18,21,24,27,29-46H2,1-2H3,(H,52,54)(H,56,57)(H,58,59)/b7-5-,13-11-,16-14-,19-17-,23-22-,26-25-,28-20-. The number of amides is 1. The molecular formula is C51H86NO10P. The van der Waals surface area contributed by atoms with Crippen LogP contribution in [0, 0.1) is 0 Å². The summed E-state index contributed by atoms with van der Waals surface area (Å²) in [6.45, 7) is 2.44.